The lowest BCUT2D eigenvalue weighted by Crippen LogP contribution is -2.17. The predicted molar refractivity (Wildman–Crippen MR) is 90.8 cm³/mol. The van der Waals surface area contributed by atoms with E-state index in [9.17, 15) is 10.1 Å². The zero-order valence-corrected chi connectivity index (χ0v) is 13.4. The Kier molecular flexibility index (Phi) is 4.74. The number of nitrogens with zero attached hydrogens (tertiary/aromatic N) is 3. The van der Waals surface area contributed by atoms with Crippen LogP contribution in [0.15, 0.2) is 30.6 Å². The van der Waals surface area contributed by atoms with Gasteiger partial charge in [-0.25, -0.2) is 9.97 Å². The zero-order valence-electron chi connectivity index (χ0n) is 13.4. The van der Waals surface area contributed by atoms with Crippen molar-refractivity contribution in [2.75, 3.05) is 17.7 Å². The number of methoxy groups -OCH3 is 1. The highest BCUT2D eigenvalue weighted by atomic mass is 16.6. The first-order valence-corrected chi connectivity index (χ1v) is 7.84. The van der Waals surface area contributed by atoms with E-state index in [-0.39, 0.29) is 23.4 Å². The Balaban J connectivity index is 1.86. The second-order valence-corrected chi connectivity index (χ2v) is 5.66. The molecule has 3 rings (SSSR count). The van der Waals surface area contributed by atoms with Crippen molar-refractivity contribution < 1.29 is 9.66 Å². The standard InChI is InChI=1S/C16H19N5O3/c1-24-13-8-6-12(7-9-13)20-16-14(21(22)23)15(17-10-18-16)19-11-4-2-3-5-11/h6-11H,2-5H2,1H3,(H2,17,18,19,20). The third-order valence-electron chi connectivity index (χ3n) is 4.05. The first kappa shape index (κ1) is 16.0. The maximum atomic E-state index is 11.5. The molecule has 0 unspecified atom stereocenters. The second-order valence-electron chi connectivity index (χ2n) is 5.66. The van der Waals surface area contributed by atoms with Crippen LogP contribution in [-0.2, 0) is 0 Å². The third-order valence-corrected chi connectivity index (χ3v) is 4.05. The maximum absolute atomic E-state index is 11.5. The minimum Gasteiger partial charge on any atom is -0.497 e. The smallest absolute Gasteiger partial charge is 0.353 e. The Hall–Kier alpha value is -2.90. The fourth-order valence-corrected chi connectivity index (χ4v) is 2.82. The van der Waals surface area contributed by atoms with Gasteiger partial charge in [-0.1, -0.05) is 12.8 Å². The van der Waals surface area contributed by atoms with Gasteiger partial charge >= 0.3 is 5.69 Å². The number of nitro groups is 1. The maximum Gasteiger partial charge on any atom is 0.353 e. The molecule has 8 heteroatoms. The van der Waals surface area contributed by atoms with E-state index < -0.39 is 4.92 Å². The van der Waals surface area contributed by atoms with Gasteiger partial charge in [0, 0.05) is 11.7 Å². The summed E-state index contributed by atoms with van der Waals surface area (Å²) in [5, 5.41) is 17.7. The molecule has 0 bridgehead atoms. The molecule has 1 aliphatic rings. The van der Waals surface area contributed by atoms with E-state index in [2.05, 4.69) is 20.6 Å². The first-order valence-electron chi connectivity index (χ1n) is 7.84. The van der Waals surface area contributed by atoms with Crippen molar-refractivity contribution in [1.29, 1.82) is 0 Å². The Labute approximate surface area is 139 Å². The van der Waals surface area contributed by atoms with Gasteiger partial charge in [-0.3, -0.25) is 10.1 Å². The van der Waals surface area contributed by atoms with E-state index in [1.807, 2.05) is 0 Å². The van der Waals surface area contributed by atoms with Crippen LogP contribution in [0.5, 0.6) is 5.75 Å². The zero-order chi connectivity index (χ0) is 16.9. The summed E-state index contributed by atoms with van der Waals surface area (Å²) in [7, 11) is 1.58. The summed E-state index contributed by atoms with van der Waals surface area (Å²) in [6.07, 6.45) is 5.60. The molecule has 0 spiro atoms. The summed E-state index contributed by atoms with van der Waals surface area (Å²) in [6, 6.07) is 7.32. The first-order chi connectivity index (χ1) is 11.7. The van der Waals surface area contributed by atoms with Crippen LogP contribution >= 0.6 is 0 Å². The summed E-state index contributed by atoms with van der Waals surface area (Å²) < 4.78 is 5.10. The molecule has 1 saturated carbocycles. The van der Waals surface area contributed by atoms with Crippen molar-refractivity contribution >= 4 is 23.0 Å². The average molecular weight is 329 g/mol. The van der Waals surface area contributed by atoms with E-state index in [1.54, 1.807) is 31.4 Å². The Morgan fingerprint density at radius 3 is 2.46 bits per heavy atom. The van der Waals surface area contributed by atoms with Gasteiger partial charge < -0.3 is 15.4 Å². The van der Waals surface area contributed by atoms with Crippen LogP contribution in [0.2, 0.25) is 0 Å². The van der Waals surface area contributed by atoms with Crippen LogP contribution in [0, 0.1) is 10.1 Å². The third kappa shape index (κ3) is 3.53. The summed E-state index contributed by atoms with van der Waals surface area (Å²) in [6.45, 7) is 0. The molecule has 0 aliphatic heterocycles. The number of hydrogen-bond acceptors (Lipinski definition) is 7. The number of hydrogen-bond donors (Lipinski definition) is 2. The lowest BCUT2D eigenvalue weighted by atomic mass is 10.2. The molecule has 0 radical (unpaired) electrons. The van der Waals surface area contributed by atoms with Crippen molar-refractivity contribution in [2.45, 2.75) is 31.7 Å². The molecule has 126 valence electrons. The van der Waals surface area contributed by atoms with Gasteiger partial charge in [0.2, 0.25) is 11.6 Å². The van der Waals surface area contributed by atoms with Crippen molar-refractivity contribution in [3.8, 4) is 5.75 Å². The second kappa shape index (κ2) is 7.12. The van der Waals surface area contributed by atoms with Crippen molar-refractivity contribution in [1.82, 2.24) is 9.97 Å². The molecular formula is C16H19N5O3. The van der Waals surface area contributed by atoms with E-state index in [1.165, 1.54) is 6.33 Å². The molecule has 8 nitrogen and oxygen atoms in total. The molecule has 1 fully saturated rings. The molecule has 0 saturated heterocycles. The highest BCUT2D eigenvalue weighted by Gasteiger charge is 2.26. The molecule has 24 heavy (non-hydrogen) atoms. The minimum absolute atomic E-state index is 0.139. The molecule has 1 heterocycles. The van der Waals surface area contributed by atoms with Crippen molar-refractivity contribution in [3.63, 3.8) is 0 Å². The number of benzene rings is 1. The van der Waals surface area contributed by atoms with Crippen LogP contribution in [-0.4, -0.2) is 28.0 Å². The molecule has 0 atom stereocenters. The Bertz CT molecular complexity index is 714. The Morgan fingerprint density at radius 2 is 1.83 bits per heavy atom. The quantitative estimate of drug-likeness (QED) is 0.617. The molecule has 2 N–H and O–H groups in total. The van der Waals surface area contributed by atoms with E-state index in [4.69, 9.17) is 4.74 Å². The summed E-state index contributed by atoms with van der Waals surface area (Å²) in [5.41, 5.74) is 0.546. The van der Waals surface area contributed by atoms with Gasteiger partial charge in [0.1, 0.15) is 12.1 Å². The highest BCUT2D eigenvalue weighted by molar-refractivity contribution is 5.74. The van der Waals surface area contributed by atoms with Crippen LogP contribution in [0.4, 0.5) is 23.0 Å². The van der Waals surface area contributed by atoms with Crippen molar-refractivity contribution in [3.05, 3.63) is 40.7 Å². The van der Waals surface area contributed by atoms with E-state index in [0.29, 0.717) is 11.4 Å². The summed E-state index contributed by atoms with van der Waals surface area (Å²) in [4.78, 5) is 19.2. The highest BCUT2D eigenvalue weighted by Crippen LogP contribution is 2.33. The fourth-order valence-electron chi connectivity index (χ4n) is 2.82. The lowest BCUT2D eigenvalue weighted by Gasteiger charge is -2.14. The number of ether oxygens (including phenoxy) is 1. The van der Waals surface area contributed by atoms with Crippen LogP contribution in [0.25, 0.3) is 0 Å². The van der Waals surface area contributed by atoms with Gasteiger partial charge in [-0.2, -0.15) is 0 Å². The monoisotopic (exact) mass is 329 g/mol. The van der Waals surface area contributed by atoms with E-state index >= 15 is 0 Å². The largest absolute Gasteiger partial charge is 0.497 e. The van der Waals surface area contributed by atoms with Gasteiger partial charge in [0.15, 0.2) is 0 Å². The molecule has 0 amide bonds. The number of rotatable bonds is 6. The minimum atomic E-state index is -0.455. The number of aromatic nitrogens is 2. The molecule has 2 aromatic rings. The van der Waals surface area contributed by atoms with Crippen molar-refractivity contribution in [2.24, 2.45) is 0 Å². The van der Waals surface area contributed by atoms with Crippen LogP contribution in [0.3, 0.4) is 0 Å². The fraction of sp³-hybridized carbons (Fsp3) is 0.375. The van der Waals surface area contributed by atoms with Crippen LogP contribution < -0.4 is 15.4 Å². The van der Waals surface area contributed by atoms with Gasteiger partial charge in [-0.15, -0.1) is 0 Å². The average Bonchev–Trinajstić information content (AvgIpc) is 3.08. The molecule has 1 aromatic heterocycles. The predicted octanol–water partition coefficient (Wildman–Crippen LogP) is 3.49. The Morgan fingerprint density at radius 1 is 1.17 bits per heavy atom. The normalized spacial score (nSPS) is 14.4. The summed E-state index contributed by atoms with van der Waals surface area (Å²) in [5.74, 6) is 1.14. The molecular weight excluding hydrogens is 310 g/mol. The SMILES string of the molecule is COc1ccc(Nc2ncnc(NC3CCCC3)c2[N+](=O)[O-])cc1. The topological polar surface area (TPSA) is 102 Å². The van der Waals surface area contributed by atoms with Gasteiger partial charge in [-0.05, 0) is 37.1 Å². The summed E-state index contributed by atoms with van der Waals surface area (Å²) >= 11 is 0. The lowest BCUT2D eigenvalue weighted by molar-refractivity contribution is -0.383. The van der Waals surface area contributed by atoms with E-state index in [0.717, 1.165) is 25.7 Å². The van der Waals surface area contributed by atoms with Crippen LogP contribution in [0.1, 0.15) is 25.7 Å². The molecule has 1 aliphatic carbocycles. The number of anilines is 3. The number of nitrogens with one attached hydrogen (secondary N) is 2. The van der Waals surface area contributed by atoms with Gasteiger partial charge in [0.25, 0.3) is 0 Å². The molecule has 1 aromatic carbocycles. The van der Waals surface area contributed by atoms with Gasteiger partial charge in [0.05, 0.1) is 12.0 Å².